The normalized spacial score (nSPS) is 14.0. The number of hydrogen-bond acceptors (Lipinski definition) is 6. The summed E-state index contributed by atoms with van der Waals surface area (Å²) in [4.78, 5) is 25.5. The van der Waals surface area contributed by atoms with Crippen LogP contribution in [0.5, 0.6) is 11.5 Å². The van der Waals surface area contributed by atoms with Crippen molar-refractivity contribution in [1.29, 1.82) is 0 Å². The molecule has 2 aromatic rings. The zero-order chi connectivity index (χ0) is 23.3. The molecule has 0 aliphatic carbocycles. The van der Waals surface area contributed by atoms with Crippen LogP contribution in [0.15, 0.2) is 48.5 Å². The van der Waals surface area contributed by atoms with Crippen molar-refractivity contribution in [2.24, 2.45) is 0 Å². The zero-order valence-corrected chi connectivity index (χ0v) is 20.2. The van der Waals surface area contributed by atoms with Crippen molar-refractivity contribution in [3.63, 3.8) is 0 Å². The molecule has 0 radical (unpaired) electrons. The highest BCUT2D eigenvalue weighted by atomic mass is 32.2. The van der Waals surface area contributed by atoms with Gasteiger partial charge in [0.2, 0.25) is 5.91 Å². The van der Waals surface area contributed by atoms with E-state index in [1.165, 1.54) is 44.8 Å². The Labute approximate surface area is 201 Å². The molecule has 1 fully saturated rings. The highest BCUT2D eigenvalue weighted by Crippen LogP contribution is 2.18. The van der Waals surface area contributed by atoms with Crippen LogP contribution in [-0.4, -0.2) is 48.8 Å². The van der Waals surface area contributed by atoms with Crippen LogP contribution in [-0.2, 0) is 21.9 Å². The maximum Gasteiger partial charge on any atom is 0.308 e. The van der Waals surface area contributed by atoms with E-state index >= 15 is 0 Å². The van der Waals surface area contributed by atoms with Gasteiger partial charge < -0.3 is 14.8 Å². The molecule has 1 aliphatic heterocycles. The van der Waals surface area contributed by atoms with Gasteiger partial charge in [0.05, 0.1) is 12.4 Å². The topological polar surface area (TPSA) is 67.9 Å². The summed E-state index contributed by atoms with van der Waals surface area (Å²) in [6, 6.07) is 15.7. The Hall–Kier alpha value is -2.51. The van der Waals surface area contributed by atoms with E-state index in [9.17, 15) is 9.59 Å². The number of amides is 1. The van der Waals surface area contributed by atoms with Gasteiger partial charge in [-0.3, -0.25) is 14.5 Å². The van der Waals surface area contributed by atoms with Gasteiger partial charge in [0.15, 0.2) is 0 Å². The third-order valence-electron chi connectivity index (χ3n) is 5.35. The van der Waals surface area contributed by atoms with Gasteiger partial charge in [-0.25, -0.2) is 0 Å². The van der Waals surface area contributed by atoms with E-state index in [4.69, 9.17) is 9.47 Å². The van der Waals surface area contributed by atoms with Gasteiger partial charge in [-0.1, -0.05) is 30.7 Å². The van der Waals surface area contributed by atoms with Crippen molar-refractivity contribution >= 4 is 23.6 Å². The fourth-order valence-electron chi connectivity index (χ4n) is 3.73. The number of carbonyl (C=O) groups excluding carboxylic acids is 2. The maximum absolute atomic E-state index is 12.0. The Morgan fingerprint density at radius 1 is 1.00 bits per heavy atom. The molecule has 0 unspecified atom stereocenters. The van der Waals surface area contributed by atoms with Gasteiger partial charge in [-0.2, -0.15) is 0 Å². The highest BCUT2D eigenvalue weighted by molar-refractivity contribution is 7.99. The SMILES string of the molecule is CC(=O)Oc1ccc(CSCC(=O)NCCCOc2cccc(CN3CCCCC3)c2)cc1. The van der Waals surface area contributed by atoms with E-state index in [1.54, 1.807) is 23.9 Å². The van der Waals surface area contributed by atoms with Crippen molar-refractivity contribution in [2.75, 3.05) is 32.0 Å². The molecule has 3 rings (SSSR count). The first-order chi connectivity index (χ1) is 16.1. The number of rotatable bonds is 12. The lowest BCUT2D eigenvalue weighted by atomic mass is 10.1. The molecule has 0 spiro atoms. The minimum atomic E-state index is -0.333. The fraction of sp³-hybridized carbons (Fsp3) is 0.462. The number of likely N-dealkylation sites (tertiary alicyclic amines) is 1. The molecule has 1 N–H and O–H groups in total. The monoisotopic (exact) mass is 470 g/mol. The Kier molecular flexibility index (Phi) is 10.6. The number of thioether (sulfide) groups is 1. The second kappa shape index (κ2) is 13.9. The largest absolute Gasteiger partial charge is 0.494 e. The van der Waals surface area contributed by atoms with Crippen LogP contribution in [0.25, 0.3) is 0 Å². The standard InChI is InChI=1S/C26H34N2O4S/c1-21(29)32-24-11-9-22(10-12-24)19-33-20-26(30)27-13-6-16-31-25-8-5-7-23(17-25)18-28-14-3-2-4-15-28/h5,7-12,17H,2-4,6,13-16,18-20H2,1H3,(H,27,30). The van der Waals surface area contributed by atoms with Gasteiger partial charge >= 0.3 is 5.97 Å². The molecule has 0 saturated carbocycles. The van der Waals surface area contributed by atoms with E-state index in [2.05, 4.69) is 28.4 Å². The molecular formula is C26H34N2O4S. The zero-order valence-electron chi connectivity index (χ0n) is 19.4. The lowest BCUT2D eigenvalue weighted by Crippen LogP contribution is -2.29. The number of ether oxygens (including phenoxy) is 2. The van der Waals surface area contributed by atoms with Crippen molar-refractivity contribution in [1.82, 2.24) is 10.2 Å². The van der Waals surface area contributed by atoms with Gasteiger partial charge in [0, 0.05) is 25.8 Å². The third-order valence-corrected chi connectivity index (χ3v) is 6.36. The van der Waals surface area contributed by atoms with Crippen LogP contribution in [0.3, 0.4) is 0 Å². The number of benzene rings is 2. The van der Waals surface area contributed by atoms with E-state index in [0.29, 0.717) is 24.7 Å². The van der Waals surface area contributed by atoms with Crippen LogP contribution < -0.4 is 14.8 Å². The summed E-state index contributed by atoms with van der Waals surface area (Å²) in [6.07, 6.45) is 4.71. The molecule has 1 heterocycles. The van der Waals surface area contributed by atoms with E-state index < -0.39 is 0 Å². The molecule has 0 atom stereocenters. The van der Waals surface area contributed by atoms with Gasteiger partial charge in [-0.15, -0.1) is 11.8 Å². The quantitative estimate of drug-likeness (QED) is 0.281. The average molecular weight is 471 g/mol. The van der Waals surface area contributed by atoms with Gasteiger partial charge in [-0.05, 0) is 67.7 Å². The molecule has 7 heteroatoms. The molecule has 33 heavy (non-hydrogen) atoms. The minimum Gasteiger partial charge on any atom is -0.494 e. The Balaban J connectivity index is 1.25. The lowest BCUT2D eigenvalue weighted by Gasteiger charge is -2.26. The molecule has 0 bridgehead atoms. The Morgan fingerprint density at radius 2 is 1.79 bits per heavy atom. The van der Waals surface area contributed by atoms with E-state index in [0.717, 1.165) is 30.0 Å². The molecule has 1 aliphatic rings. The average Bonchev–Trinajstić information content (AvgIpc) is 2.81. The highest BCUT2D eigenvalue weighted by Gasteiger charge is 2.10. The minimum absolute atomic E-state index is 0.0278. The molecule has 1 amide bonds. The predicted octanol–water partition coefficient (Wildman–Crippen LogP) is 4.42. The second-order valence-corrected chi connectivity index (χ2v) is 9.25. The lowest BCUT2D eigenvalue weighted by molar-refractivity contribution is -0.131. The van der Waals surface area contributed by atoms with Crippen LogP contribution in [0.1, 0.15) is 43.7 Å². The maximum atomic E-state index is 12.0. The summed E-state index contributed by atoms with van der Waals surface area (Å²) >= 11 is 1.56. The number of nitrogens with zero attached hydrogens (tertiary/aromatic N) is 1. The van der Waals surface area contributed by atoms with E-state index in [-0.39, 0.29) is 11.9 Å². The van der Waals surface area contributed by atoms with Crippen LogP contribution in [0, 0.1) is 0 Å². The molecular weight excluding hydrogens is 436 g/mol. The van der Waals surface area contributed by atoms with Crippen LogP contribution >= 0.6 is 11.8 Å². The van der Waals surface area contributed by atoms with Crippen molar-refractivity contribution in [2.45, 2.75) is 44.9 Å². The first-order valence-corrected chi connectivity index (χ1v) is 12.8. The third kappa shape index (κ3) is 9.88. The second-order valence-electron chi connectivity index (χ2n) is 8.27. The molecule has 1 saturated heterocycles. The summed E-state index contributed by atoms with van der Waals surface area (Å²) in [6.45, 7) is 5.92. The number of esters is 1. The number of piperidine rings is 1. The van der Waals surface area contributed by atoms with Gasteiger partial charge in [0.25, 0.3) is 0 Å². The molecule has 178 valence electrons. The molecule has 6 nitrogen and oxygen atoms in total. The fourth-order valence-corrected chi connectivity index (χ4v) is 4.55. The number of nitrogens with one attached hydrogen (secondary N) is 1. The Bertz CT molecular complexity index is 882. The first-order valence-electron chi connectivity index (χ1n) is 11.6. The molecule has 2 aromatic carbocycles. The number of hydrogen-bond donors (Lipinski definition) is 1. The van der Waals surface area contributed by atoms with Crippen molar-refractivity contribution in [3.8, 4) is 11.5 Å². The predicted molar refractivity (Wildman–Crippen MR) is 133 cm³/mol. The van der Waals surface area contributed by atoms with Crippen LogP contribution in [0.2, 0.25) is 0 Å². The van der Waals surface area contributed by atoms with Crippen molar-refractivity contribution < 1.29 is 19.1 Å². The van der Waals surface area contributed by atoms with Gasteiger partial charge in [0.1, 0.15) is 11.5 Å². The number of carbonyl (C=O) groups is 2. The van der Waals surface area contributed by atoms with Crippen LogP contribution in [0.4, 0.5) is 0 Å². The smallest absolute Gasteiger partial charge is 0.308 e. The Morgan fingerprint density at radius 3 is 2.55 bits per heavy atom. The summed E-state index contributed by atoms with van der Waals surface area (Å²) in [7, 11) is 0. The summed E-state index contributed by atoms with van der Waals surface area (Å²) in [5.74, 6) is 2.26. The first kappa shape index (κ1) is 25.1. The summed E-state index contributed by atoms with van der Waals surface area (Å²) < 4.78 is 10.9. The molecule has 0 aromatic heterocycles. The van der Waals surface area contributed by atoms with Crippen molar-refractivity contribution in [3.05, 3.63) is 59.7 Å². The summed E-state index contributed by atoms with van der Waals surface area (Å²) in [5, 5.41) is 2.95. The van der Waals surface area contributed by atoms with E-state index in [1.807, 2.05) is 18.2 Å². The summed E-state index contributed by atoms with van der Waals surface area (Å²) in [5.41, 5.74) is 2.38.